The number of ether oxygens (including phenoxy) is 1. The van der Waals surface area contributed by atoms with Crippen molar-refractivity contribution in [3.63, 3.8) is 0 Å². The Hall–Kier alpha value is -1.65. The molecule has 0 saturated heterocycles. The molecule has 0 unspecified atom stereocenters. The number of fused-ring (bicyclic) bond motifs is 1. The highest BCUT2D eigenvalue weighted by Crippen LogP contribution is 2.25. The summed E-state index contributed by atoms with van der Waals surface area (Å²) in [5, 5.41) is 2.22. The zero-order valence-corrected chi connectivity index (χ0v) is 13.4. The third-order valence-corrected chi connectivity index (χ3v) is 4.66. The lowest BCUT2D eigenvalue weighted by atomic mass is 10.1. The van der Waals surface area contributed by atoms with Crippen LogP contribution in [0.25, 0.3) is 0 Å². The average molecular weight is 303 g/mol. The van der Waals surface area contributed by atoms with Gasteiger partial charge in [-0.3, -0.25) is 9.69 Å². The Kier molecular flexibility index (Phi) is 5.96. The molecule has 1 aliphatic heterocycles. The molecule has 3 nitrogen and oxygen atoms in total. The number of aryl methyl sites for hydroxylation is 1. The quantitative estimate of drug-likeness (QED) is 0.814. The van der Waals surface area contributed by atoms with E-state index in [0.717, 1.165) is 13.1 Å². The van der Waals surface area contributed by atoms with E-state index in [1.165, 1.54) is 36.8 Å². The number of benzene rings is 1. The molecule has 0 N–H and O–H groups in total. The lowest BCUT2D eigenvalue weighted by molar-refractivity contribution is -0.126. The number of nitrogens with zero attached hydrogens (tertiary/aromatic N) is 1. The Balaban J connectivity index is 0.000000361. The maximum Gasteiger partial charge on any atom is 0.292 e. The third-order valence-electron chi connectivity index (χ3n) is 3.64. The summed E-state index contributed by atoms with van der Waals surface area (Å²) in [6.07, 6.45) is 1.22. The molecule has 2 aromatic rings. The van der Waals surface area contributed by atoms with Crippen molar-refractivity contribution in [1.29, 1.82) is 0 Å². The second kappa shape index (κ2) is 7.96. The zero-order chi connectivity index (χ0) is 15.1. The van der Waals surface area contributed by atoms with E-state index in [1.807, 2.05) is 11.3 Å². The van der Waals surface area contributed by atoms with E-state index in [1.54, 1.807) is 4.88 Å². The summed E-state index contributed by atoms with van der Waals surface area (Å²) in [5.41, 5.74) is 4.41. The van der Waals surface area contributed by atoms with Gasteiger partial charge >= 0.3 is 0 Å². The van der Waals surface area contributed by atoms with Crippen molar-refractivity contribution in [2.75, 3.05) is 13.7 Å². The van der Waals surface area contributed by atoms with E-state index in [2.05, 4.69) is 52.3 Å². The van der Waals surface area contributed by atoms with E-state index >= 15 is 0 Å². The van der Waals surface area contributed by atoms with Gasteiger partial charge in [0.15, 0.2) is 0 Å². The largest absolute Gasteiger partial charge is 0.471 e. The molecule has 2 heterocycles. The highest BCUT2D eigenvalue weighted by Gasteiger charge is 2.17. The molecule has 0 radical (unpaired) electrons. The number of thiophene rings is 1. The monoisotopic (exact) mass is 303 g/mol. The SMILES string of the molecule is COC=O.Cc1ccccc1CN1CCc2sccc2C1. The van der Waals surface area contributed by atoms with Crippen molar-refractivity contribution >= 4 is 17.8 Å². The van der Waals surface area contributed by atoms with Crippen LogP contribution in [-0.2, 0) is 29.0 Å². The first-order valence-corrected chi connectivity index (χ1v) is 7.91. The molecule has 1 aliphatic rings. The zero-order valence-electron chi connectivity index (χ0n) is 12.5. The van der Waals surface area contributed by atoms with Crippen LogP contribution in [0.3, 0.4) is 0 Å². The molecule has 0 saturated carbocycles. The Morgan fingerprint density at radius 2 is 2.10 bits per heavy atom. The fraction of sp³-hybridized carbons (Fsp3) is 0.353. The van der Waals surface area contributed by atoms with Gasteiger partial charge in [-0.25, -0.2) is 0 Å². The first kappa shape index (κ1) is 15.7. The standard InChI is InChI=1S/C15H17NS.C2H4O2/c1-12-4-2-3-5-13(12)10-16-8-6-15-14(11-16)7-9-17-15;1-4-2-3/h2-5,7,9H,6,8,10-11H2,1H3;2H,1H3. The molecule has 112 valence electrons. The predicted molar refractivity (Wildman–Crippen MR) is 86.4 cm³/mol. The summed E-state index contributed by atoms with van der Waals surface area (Å²) in [6.45, 7) is 5.98. The lowest BCUT2D eigenvalue weighted by Gasteiger charge is -2.27. The molecule has 1 aromatic heterocycles. The summed E-state index contributed by atoms with van der Waals surface area (Å²) >= 11 is 1.91. The van der Waals surface area contributed by atoms with Crippen LogP contribution in [0.1, 0.15) is 21.6 Å². The van der Waals surface area contributed by atoms with Gasteiger partial charge in [-0.2, -0.15) is 0 Å². The van der Waals surface area contributed by atoms with Crippen LogP contribution >= 0.6 is 11.3 Å². The molecule has 0 aliphatic carbocycles. The van der Waals surface area contributed by atoms with Crippen LogP contribution in [0.5, 0.6) is 0 Å². The van der Waals surface area contributed by atoms with E-state index in [-0.39, 0.29) is 0 Å². The fourth-order valence-corrected chi connectivity index (χ4v) is 3.36. The number of hydrogen-bond acceptors (Lipinski definition) is 4. The van der Waals surface area contributed by atoms with Gasteiger partial charge in [0, 0.05) is 24.5 Å². The Morgan fingerprint density at radius 1 is 1.33 bits per heavy atom. The number of carbonyl (C=O) groups is 1. The van der Waals surface area contributed by atoms with Gasteiger partial charge < -0.3 is 4.74 Å². The maximum atomic E-state index is 8.95. The molecule has 0 atom stereocenters. The average Bonchev–Trinajstić information content (AvgIpc) is 2.97. The van der Waals surface area contributed by atoms with Crippen LogP contribution in [0.4, 0.5) is 0 Å². The van der Waals surface area contributed by atoms with Gasteiger partial charge in [-0.1, -0.05) is 24.3 Å². The minimum Gasteiger partial charge on any atom is -0.471 e. The van der Waals surface area contributed by atoms with Crippen LogP contribution in [0.2, 0.25) is 0 Å². The second-order valence-electron chi connectivity index (χ2n) is 5.09. The smallest absolute Gasteiger partial charge is 0.292 e. The van der Waals surface area contributed by atoms with Crippen LogP contribution in [0, 0.1) is 6.92 Å². The Labute approximate surface area is 130 Å². The second-order valence-corrected chi connectivity index (χ2v) is 6.09. The molecular formula is C17H21NO2S. The number of carbonyl (C=O) groups excluding carboxylic acids is 1. The van der Waals surface area contributed by atoms with Crippen LogP contribution in [0.15, 0.2) is 35.7 Å². The van der Waals surface area contributed by atoms with Crippen molar-refractivity contribution in [2.24, 2.45) is 0 Å². The predicted octanol–water partition coefficient (Wildman–Crippen LogP) is 3.40. The van der Waals surface area contributed by atoms with Gasteiger partial charge in [0.1, 0.15) is 0 Å². The van der Waals surface area contributed by atoms with Gasteiger partial charge in [0.25, 0.3) is 6.47 Å². The van der Waals surface area contributed by atoms with Crippen molar-refractivity contribution in [2.45, 2.75) is 26.4 Å². The van der Waals surface area contributed by atoms with Crippen molar-refractivity contribution in [3.05, 3.63) is 57.3 Å². The highest BCUT2D eigenvalue weighted by molar-refractivity contribution is 7.10. The molecule has 0 fully saturated rings. The van der Waals surface area contributed by atoms with Crippen molar-refractivity contribution < 1.29 is 9.53 Å². The van der Waals surface area contributed by atoms with E-state index in [9.17, 15) is 0 Å². The number of methoxy groups -OCH3 is 1. The highest BCUT2D eigenvalue weighted by atomic mass is 32.1. The van der Waals surface area contributed by atoms with Gasteiger partial charge in [-0.05, 0) is 41.5 Å². The minimum absolute atomic E-state index is 0.375. The molecule has 1 aromatic carbocycles. The fourth-order valence-electron chi connectivity index (χ4n) is 2.47. The van der Waals surface area contributed by atoms with Gasteiger partial charge in [0.05, 0.1) is 7.11 Å². The van der Waals surface area contributed by atoms with E-state index < -0.39 is 0 Å². The van der Waals surface area contributed by atoms with Gasteiger partial charge in [0.2, 0.25) is 0 Å². The molecule has 0 bridgehead atoms. The summed E-state index contributed by atoms with van der Waals surface area (Å²) in [4.78, 5) is 13.1. The molecule has 4 heteroatoms. The minimum atomic E-state index is 0.375. The maximum absolute atomic E-state index is 8.95. The van der Waals surface area contributed by atoms with Crippen LogP contribution < -0.4 is 0 Å². The Bertz CT molecular complexity index is 580. The van der Waals surface area contributed by atoms with Crippen molar-refractivity contribution in [3.8, 4) is 0 Å². The number of rotatable bonds is 3. The summed E-state index contributed by atoms with van der Waals surface area (Å²) in [7, 11) is 1.31. The summed E-state index contributed by atoms with van der Waals surface area (Å²) < 4.78 is 3.86. The first-order chi connectivity index (χ1) is 10.2. The van der Waals surface area contributed by atoms with Crippen LogP contribution in [-0.4, -0.2) is 25.0 Å². The topological polar surface area (TPSA) is 29.5 Å². The Morgan fingerprint density at radius 3 is 2.81 bits per heavy atom. The normalized spacial score (nSPS) is 13.8. The number of hydrogen-bond donors (Lipinski definition) is 0. The lowest BCUT2D eigenvalue weighted by Crippen LogP contribution is -2.29. The molecule has 0 amide bonds. The summed E-state index contributed by atoms with van der Waals surface area (Å²) in [5.74, 6) is 0. The molecule has 3 rings (SSSR count). The first-order valence-electron chi connectivity index (χ1n) is 7.03. The van der Waals surface area contributed by atoms with Gasteiger partial charge in [-0.15, -0.1) is 11.3 Å². The van der Waals surface area contributed by atoms with Crippen molar-refractivity contribution in [1.82, 2.24) is 4.90 Å². The summed E-state index contributed by atoms with van der Waals surface area (Å²) in [6, 6.07) is 11.0. The molecular weight excluding hydrogens is 282 g/mol. The third kappa shape index (κ3) is 4.41. The molecule has 21 heavy (non-hydrogen) atoms. The van der Waals surface area contributed by atoms with E-state index in [0.29, 0.717) is 6.47 Å². The van der Waals surface area contributed by atoms with E-state index in [4.69, 9.17) is 4.79 Å². The molecule has 0 spiro atoms.